The van der Waals surface area contributed by atoms with Crippen LogP contribution in [0.25, 0.3) is 0 Å². The number of amides is 1. The van der Waals surface area contributed by atoms with Gasteiger partial charge in [-0.2, -0.15) is 18.2 Å². The van der Waals surface area contributed by atoms with E-state index in [0.717, 1.165) is 6.07 Å². The van der Waals surface area contributed by atoms with Crippen molar-refractivity contribution in [3.8, 4) is 0 Å². The predicted molar refractivity (Wildman–Crippen MR) is 88.2 cm³/mol. The maximum absolute atomic E-state index is 13.1. The molecule has 3 rings (SSSR count). The van der Waals surface area contributed by atoms with Gasteiger partial charge in [0.1, 0.15) is 12.1 Å². The summed E-state index contributed by atoms with van der Waals surface area (Å²) in [7, 11) is 3.24. The maximum atomic E-state index is 13.1. The van der Waals surface area contributed by atoms with Gasteiger partial charge in [-0.1, -0.05) is 0 Å². The summed E-state index contributed by atoms with van der Waals surface area (Å²) in [5, 5.41) is 0. The van der Waals surface area contributed by atoms with Crippen LogP contribution in [0.2, 0.25) is 0 Å². The summed E-state index contributed by atoms with van der Waals surface area (Å²) in [6, 6.07) is 2.50. The van der Waals surface area contributed by atoms with Gasteiger partial charge < -0.3 is 19.1 Å². The highest BCUT2D eigenvalue weighted by Gasteiger charge is 2.35. The van der Waals surface area contributed by atoms with Crippen LogP contribution in [-0.4, -0.2) is 61.0 Å². The molecular weight excluding hydrogens is 351 g/mol. The molecule has 26 heavy (non-hydrogen) atoms. The van der Waals surface area contributed by atoms with Gasteiger partial charge in [0.2, 0.25) is 5.95 Å². The maximum Gasteiger partial charge on any atom is 0.433 e. The number of aromatic nitrogens is 2. The first-order chi connectivity index (χ1) is 12.3. The van der Waals surface area contributed by atoms with Crippen LogP contribution in [0.3, 0.4) is 0 Å². The third-order valence-corrected chi connectivity index (χ3v) is 4.07. The van der Waals surface area contributed by atoms with E-state index in [4.69, 9.17) is 4.42 Å². The molecule has 140 valence electrons. The summed E-state index contributed by atoms with van der Waals surface area (Å²) < 4.78 is 44.3. The van der Waals surface area contributed by atoms with E-state index < -0.39 is 11.9 Å². The first kappa shape index (κ1) is 18.0. The van der Waals surface area contributed by atoms with E-state index in [1.54, 1.807) is 30.0 Å². The zero-order chi connectivity index (χ0) is 18.9. The minimum atomic E-state index is -4.55. The Labute approximate surface area is 148 Å². The second kappa shape index (κ2) is 6.85. The second-order valence-electron chi connectivity index (χ2n) is 6.09. The molecular formula is C16H18F3N5O2. The van der Waals surface area contributed by atoms with Crippen LogP contribution < -0.4 is 9.80 Å². The lowest BCUT2D eigenvalue weighted by atomic mass is 10.2. The Hall–Kier alpha value is -2.78. The fourth-order valence-electron chi connectivity index (χ4n) is 2.62. The van der Waals surface area contributed by atoms with Crippen molar-refractivity contribution in [2.75, 3.05) is 50.1 Å². The number of piperazine rings is 1. The normalized spacial score (nSPS) is 15.3. The lowest BCUT2D eigenvalue weighted by molar-refractivity contribution is -0.141. The van der Waals surface area contributed by atoms with Gasteiger partial charge in [-0.05, 0) is 6.07 Å². The van der Waals surface area contributed by atoms with Gasteiger partial charge in [-0.3, -0.25) is 4.79 Å². The molecule has 0 atom stereocenters. The van der Waals surface area contributed by atoms with Crippen molar-refractivity contribution in [1.82, 2.24) is 14.9 Å². The predicted octanol–water partition coefficient (Wildman–Crippen LogP) is 2.12. The van der Waals surface area contributed by atoms with Gasteiger partial charge in [0.15, 0.2) is 5.69 Å². The van der Waals surface area contributed by atoms with Gasteiger partial charge in [0.05, 0.1) is 11.8 Å². The number of hydrogen-bond donors (Lipinski definition) is 0. The van der Waals surface area contributed by atoms with E-state index in [2.05, 4.69) is 9.97 Å². The Morgan fingerprint density at radius 1 is 1.19 bits per heavy atom. The van der Waals surface area contributed by atoms with Gasteiger partial charge in [0.25, 0.3) is 5.91 Å². The summed E-state index contributed by atoms with van der Waals surface area (Å²) in [6.45, 7) is 1.41. The van der Waals surface area contributed by atoms with Crippen LogP contribution in [0, 0.1) is 0 Å². The van der Waals surface area contributed by atoms with E-state index in [9.17, 15) is 18.0 Å². The molecule has 10 heteroatoms. The molecule has 0 radical (unpaired) electrons. The molecule has 1 saturated heterocycles. The van der Waals surface area contributed by atoms with Gasteiger partial charge in [-0.15, -0.1) is 0 Å². The Balaban J connectivity index is 1.76. The number of alkyl halides is 3. The lowest BCUT2D eigenvalue weighted by Crippen LogP contribution is -2.49. The molecule has 0 N–H and O–H groups in total. The summed E-state index contributed by atoms with van der Waals surface area (Å²) >= 11 is 0. The van der Waals surface area contributed by atoms with Gasteiger partial charge >= 0.3 is 6.18 Å². The Morgan fingerprint density at radius 3 is 2.42 bits per heavy atom. The topological polar surface area (TPSA) is 65.7 Å². The molecule has 0 bridgehead atoms. The SMILES string of the molecule is CN(C)c1cc(C(F)(F)F)nc(N2CCN(C(=O)c3ccoc3)CC2)n1. The number of hydrogen-bond acceptors (Lipinski definition) is 6. The molecule has 0 aromatic carbocycles. The van der Waals surface area contributed by atoms with Crippen LogP contribution in [0.4, 0.5) is 24.9 Å². The Bertz CT molecular complexity index is 769. The molecule has 2 aromatic rings. The first-order valence-electron chi connectivity index (χ1n) is 7.96. The van der Waals surface area contributed by atoms with Crippen LogP contribution in [0.15, 0.2) is 29.1 Å². The van der Waals surface area contributed by atoms with Gasteiger partial charge in [-0.25, -0.2) is 4.98 Å². The highest BCUT2D eigenvalue weighted by Crippen LogP contribution is 2.31. The molecule has 1 aliphatic rings. The van der Waals surface area contributed by atoms with Crippen molar-refractivity contribution < 1.29 is 22.4 Å². The molecule has 0 saturated carbocycles. The number of nitrogens with zero attached hydrogens (tertiary/aromatic N) is 5. The number of anilines is 2. The molecule has 2 aromatic heterocycles. The van der Waals surface area contributed by atoms with Crippen LogP contribution >= 0.6 is 0 Å². The van der Waals surface area contributed by atoms with Crippen molar-refractivity contribution in [2.45, 2.75) is 6.18 Å². The molecule has 7 nitrogen and oxygen atoms in total. The Morgan fingerprint density at radius 2 is 1.88 bits per heavy atom. The summed E-state index contributed by atoms with van der Waals surface area (Å²) in [4.78, 5) is 25.0. The number of carbonyl (C=O) groups excluding carboxylic acids is 1. The van der Waals surface area contributed by atoms with Crippen LogP contribution in [0.5, 0.6) is 0 Å². The zero-order valence-electron chi connectivity index (χ0n) is 14.3. The molecule has 0 spiro atoms. The Kier molecular flexibility index (Phi) is 4.75. The van der Waals surface area contributed by atoms with Crippen molar-refractivity contribution in [3.63, 3.8) is 0 Å². The van der Waals surface area contributed by atoms with Crippen molar-refractivity contribution in [2.24, 2.45) is 0 Å². The van der Waals surface area contributed by atoms with Crippen molar-refractivity contribution in [3.05, 3.63) is 35.9 Å². The molecule has 1 fully saturated rings. The molecule has 0 aliphatic carbocycles. The number of furan rings is 1. The second-order valence-corrected chi connectivity index (χ2v) is 6.09. The van der Waals surface area contributed by atoms with Gasteiger partial charge in [0, 0.05) is 46.3 Å². The molecule has 1 amide bonds. The molecule has 1 aliphatic heterocycles. The summed E-state index contributed by atoms with van der Waals surface area (Å²) in [5.74, 6) is 0.0236. The average molecular weight is 369 g/mol. The smallest absolute Gasteiger partial charge is 0.433 e. The number of halogens is 3. The standard InChI is InChI=1S/C16H18F3N5O2/c1-22(2)13-9-12(16(17,18)19)20-15(21-13)24-6-4-23(5-7-24)14(25)11-3-8-26-10-11/h3,8-10H,4-7H2,1-2H3. The largest absolute Gasteiger partial charge is 0.472 e. The van der Waals surface area contributed by atoms with E-state index >= 15 is 0 Å². The quantitative estimate of drug-likeness (QED) is 0.826. The van der Waals surface area contributed by atoms with E-state index in [1.807, 2.05) is 0 Å². The highest BCUT2D eigenvalue weighted by molar-refractivity contribution is 5.94. The third-order valence-electron chi connectivity index (χ3n) is 4.07. The number of rotatable bonds is 3. The zero-order valence-corrected chi connectivity index (χ0v) is 14.3. The average Bonchev–Trinajstić information content (AvgIpc) is 3.14. The van der Waals surface area contributed by atoms with Crippen molar-refractivity contribution >= 4 is 17.7 Å². The first-order valence-corrected chi connectivity index (χ1v) is 7.96. The van der Waals surface area contributed by atoms with E-state index in [-0.39, 0.29) is 17.7 Å². The van der Waals surface area contributed by atoms with E-state index in [1.165, 1.54) is 17.4 Å². The van der Waals surface area contributed by atoms with Crippen LogP contribution in [0.1, 0.15) is 16.1 Å². The number of carbonyl (C=O) groups is 1. The minimum Gasteiger partial charge on any atom is -0.472 e. The highest BCUT2D eigenvalue weighted by atomic mass is 19.4. The lowest BCUT2D eigenvalue weighted by Gasteiger charge is -2.35. The molecule has 3 heterocycles. The van der Waals surface area contributed by atoms with Crippen molar-refractivity contribution in [1.29, 1.82) is 0 Å². The minimum absolute atomic E-state index is 0.0129. The summed E-state index contributed by atoms with van der Waals surface area (Å²) in [5.41, 5.74) is -0.535. The molecule has 0 unspecified atom stereocenters. The fraction of sp³-hybridized carbons (Fsp3) is 0.438. The summed E-state index contributed by atoms with van der Waals surface area (Å²) in [6.07, 6.45) is -1.77. The third kappa shape index (κ3) is 3.73. The fourth-order valence-corrected chi connectivity index (χ4v) is 2.62. The monoisotopic (exact) mass is 369 g/mol. The van der Waals surface area contributed by atoms with Crippen LogP contribution in [-0.2, 0) is 6.18 Å². The van der Waals surface area contributed by atoms with E-state index in [0.29, 0.717) is 31.7 Å².